The fourth-order valence-electron chi connectivity index (χ4n) is 1.96. The Morgan fingerprint density at radius 3 is 1.81 bits per heavy atom. The summed E-state index contributed by atoms with van der Waals surface area (Å²) in [5, 5.41) is 8.54. The van der Waals surface area contributed by atoms with Crippen LogP contribution < -0.4 is 0 Å². The molecule has 0 rings (SSSR count). The van der Waals surface area contributed by atoms with Crippen LogP contribution in [0.4, 0.5) is 0 Å². The van der Waals surface area contributed by atoms with Gasteiger partial charge in [-0.3, -0.25) is 0 Å². The van der Waals surface area contributed by atoms with E-state index >= 15 is 0 Å². The lowest BCUT2D eigenvalue weighted by molar-refractivity contribution is 0.0141. The van der Waals surface area contributed by atoms with Crippen LogP contribution in [0.3, 0.4) is 0 Å². The van der Waals surface area contributed by atoms with Crippen LogP contribution in [0.25, 0.3) is 0 Å². The second-order valence-electron chi connectivity index (χ2n) is 5.22. The van der Waals surface area contributed by atoms with Crippen molar-refractivity contribution >= 4 is 0 Å². The first-order valence-corrected chi connectivity index (χ1v) is 8.57. The number of hydrogen-bond acceptors (Lipinski definition) is 4. The number of unbranched alkanes of at least 4 members (excludes halogenated alkanes) is 7. The van der Waals surface area contributed by atoms with Gasteiger partial charge in [-0.1, -0.05) is 45.4 Å². The van der Waals surface area contributed by atoms with Crippen molar-refractivity contribution in [3.05, 3.63) is 6.42 Å². The largest absolute Gasteiger partial charge is 0.396 e. The fraction of sp³-hybridized carbons (Fsp3) is 0.941. The summed E-state index contributed by atoms with van der Waals surface area (Å²) in [6, 6.07) is 0. The van der Waals surface area contributed by atoms with Gasteiger partial charge >= 0.3 is 0 Å². The average Bonchev–Trinajstić information content (AvgIpc) is 2.50. The van der Waals surface area contributed by atoms with E-state index < -0.39 is 0 Å². The lowest BCUT2D eigenvalue weighted by Gasteiger charge is -2.06. The van der Waals surface area contributed by atoms with Crippen LogP contribution in [0, 0.1) is 6.42 Å². The van der Waals surface area contributed by atoms with E-state index in [-0.39, 0.29) is 6.61 Å². The fourth-order valence-corrected chi connectivity index (χ4v) is 1.96. The lowest BCUT2D eigenvalue weighted by atomic mass is 10.1. The molecule has 1 N–H and O–H groups in total. The molecule has 0 aromatic heterocycles. The maximum Gasteiger partial charge on any atom is 0.0701 e. The minimum atomic E-state index is 0.121. The Bertz CT molecular complexity index is 158. The molecule has 0 saturated heterocycles. The van der Waals surface area contributed by atoms with E-state index in [1.165, 1.54) is 38.5 Å². The molecule has 21 heavy (non-hydrogen) atoms. The van der Waals surface area contributed by atoms with E-state index in [0.29, 0.717) is 33.0 Å². The first kappa shape index (κ1) is 20.8. The Morgan fingerprint density at radius 2 is 1.19 bits per heavy atom. The van der Waals surface area contributed by atoms with Crippen LogP contribution in [-0.2, 0) is 14.2 Å². The molecular formula is C17H35O4. The number of aliphatic hydroxyl groups is 1. The average molecular weight is 303 g/mol. The Hall–Kier alpha value is -0.160. The lowest BCUT2D eigenvalue weighted by Crippen LogP contribution is -2.10. The molecule has 0 amide bonds. The van der Waals surface area contributed by atoms with Gasteiger partial charge in [-0.05, 0) is 19.3 Å². The quantitative estimate of drug-likeness (QED) is 0.394. The van der Waals surface area contributed by atoms with Gasteiger partial charge in [-0.2, -0.15) is 0 Å². The number of aliphatic hydroxyl groups excluding tert-OH is 1. The molecule has 0 aromatic carbocycles. The van der Waals surface area contributed by atoms with Crippen molar-refractivity contribution in [2.75, 3.05) is 46.2 Å². The number of ether oxygens (including phenoxy) is 3. The molecule has 0 spiro atoms. The van der Waals surface area contributed by atoms with Gasteiger partial charge in [-0.15, -0.1) is 0 Å². The van der Waals surface area contributed by atoms with Crippen LogP contribution >= 0.6 is 0 Å². The summed E-state index contributed by atoms with van der Waals surface area (Å²) in [6.45, 7) is 6.41. The Labute approximate surface area is 131 Å². The molecule has 0 fully saturated rings. The van der Waals surface area contributed by atoms with Gasteiger partial charge in [0, 0.05) is 19.8 Å². The van der Waals surface area contributed by atoms with Crippen molar-refractivity contribution in [2.24, 2.45) is 0 Å². The molecule has 1 radical (unpaired) electrons. The topological polar surface area (TPSA) is 47.9 Å². The third-order valence-corrected chi connectivity index (χ3v) is 3.23. The second kappa shape index (κ2) is 19.8. The summed E-state index contributed by atoms with van der Waals surface area (Å²) in [5.74, 6) is 0. The third kappa shape index (κ3) is 19.8. The first-order valence-electron chi connectivity index (χ1n) is 8.57. The smallest absolute Gasteiger partial charge is 0.0701 e. The van der Waals surface area contributed by atoms with Crippen LogP contribution in [0.15, 0.2) is 0 Å². The van der Waals surface area contributed by atoms with Crippen molar-refractivity contribution in [1.82, 2.24) is 0 Å². The van der Waals surface area contributed by atoms with E-state index in [2.05, 4.69) is 6.92 Å². The van der Waals surface area contributed by atoms with E-state index in [4.69, 9.17) is 19.3 Å². The van der Waals surface area contributed by atoms with E-state index in [1.807, 2.05) is 0 Å². The minimum Gasteiger partial charge on any atom is -0.396 e. The molecule has 127 valence electrons. The van der Waals surface area contributed by atoms with Crippen LogP contribution in [-0.4, -0.2) is 51.4 Å². The molecule has 0 aromatic rings. The molecule has 4 nitrogen and oxygen atoms in total. The Kier molecular flexibility index (Phi) is 19.7. The summed E-state index contributed by atoms with van der Waals surface area (Å²) < 4.78 is 16.3. The highest BCUT2D eigenvalue weighted by atomic mass is 16.5. The predicted octanol–water partition coefficient (Wildman–Crippen LogP) is 3.37. The Balaban J connectivity index is 2.90. The maximum absolute atomic E-state index is 8.54. The van der Waals surface area contributed by atoms with E-state index in [1.54, 1.807) is 6.42 Å². The zero-order valence-electron chi connectivity index (χ0n) is 13.9. The summed E-state index contributed by atoms with van der Waals surface area (Å²) in [4.78, 5) is 0. The Morgan fingerprint density at radius 1 is 0.667 bits per heavy atom. The van der Waals surface area contributed by atoms with Gasteiger partial charge in [0.1, 0.15) is 0 Å². The molecule has 0 aliphatic heterocycles. The highest BCUT2D eigenvalue weighted by molar-refractivity contribution is 4.59. The zero-order chi connectivity index (χ0) is 15.4. The van der Waals surface area contributed by atoms with Gasteiger partial charge in [0.25, 0.3) is 0 Å². The van der Waals surface area contributed by atoms with Gasteiger partial charge in [0.05, 0.1) is 26.4 Å². The molecular weight excluding hydrogens is 268 g/mol. The van der Waals surface area contributed by atoms with Gasteiger partial charge in [-0.25, -0.2) is 0 Å². The molecule has 0 saturated carbocycles. The second-order valence-corrected chi connectivity index (χ2v) is 5.22. The van der Waals surface area contributed by atoms with E-state index in [9.17, 15) is 0 Å². The maximum atomic E-state index is 8.54. The van der Waals surface area contributed by atoms with Crippen molar-refractivity contribution in [1.29, 1.82) is 0 Å². The van der Waals surface area contributed by atoms with Crippen molar-refractivity contribution in [3.8, 4) is 0 Å². The van der Waals surface area contributed by atoms with Crippen molar-refractivity contribution in [2.45, 2.75) is 58.3 Å². The molecule has 0 heterocycles. The highest BCUT2D eigenvalue weighted by Crippen LogP contribution is 2.06. The van der Waals surface area contributed by atoms with Crippen LogP contribution in [0.2, 0.25) is 0 Å². The summed E-state index contributed by atoms with van der Waals surface area (Å²) in [5.41, 5.74) is 0. The first-order chi connectivity index (χ1) is 10.4. The number of hydrogen-bond donors (Lipinski definition) is 1. The molecule has 0 atom stereocenters. The molecule has 4 heteroatoms. The van der Waals surface area contributed by atoms with Gasteiger partial charge in [0.15, 0.2) is 0 Å². The monoisotopic (exact) mass is 303 g/mol. The zero-order valence-corrected chi connectivity index (χ0v) is 13.9. The molecule has 0 bridgehead atoms. The molecule has 0 aliphatic rings. The summed E-state index contributed by atoms with van der Waals surface area (Å²) in [7, 11) is 0. The summed E-state index contributed by atoms with van der Waals surface area (Å²) in [6.07, 6.45) is 11.8. The van der Waals surface area contributed by atoms with E-state index in [0.717, 1.165) is 19.4 Å². The van der Waals surface area contributed by atoms with Crippen molar-refractivity contribution < 1.29 is 19.3 Å². The normalized spacial score (nSPS) is 11.1. The number of rotatable bonds is 18. The van der Waals surface area contributed by atoms with Crippen LogP contribution in [0.1, 0.15) is 58.3 Å². The minimum absolute atomic E-state index is 0.121. The third-order valence-electron chi connectivity index (χ3n) is 3.23. The highest BCUT2D eigenvalue weighted by Gasteiger charge is 1.93. The molecule has 0 unspecified atom stereocenters. The summed E-state index contributed by atoms with van der Waals surface area (Å²) >= 11 is 0. The molecule has 0 aliphatic carbocycles. The SMILES string of the molecule is CCCCCCCCCOCCOCCOCC[CH]CO. The standard InChI is InChI=1S/C17H35O4/c1-2-3-4-5-6-7-9-12-19-14-16-21-17-15-20-13-10-8-11-18/h8,18H,2-7,9-17H2,1H3. The van der Waals surface area contributed by atoms with Gasteiger partial charge < -0.3 is 19.3 Å². The van der Waals surface area contributed by atoms with Gasteiger partial charge in [0.2, 0.25) is 0 Å². The van der Waals surface area contributed by atoms with Crippen LogP contribution in [0.5, 0.6) is 0 Å². The van der Waals surface area contributed by atoms with Crippen molar-refractivity contribution in [3.63, 3.8) is 0 Å². The predicted molar refractivity (Wildman–Crippen MR) is 86.5 cm³/mol.